The highest BCUT2D eigenvalue weighted by Gasteiger charge is 2.24. The van der Waals surface area contributed by atoms with E-state index in [1.165, 1.54) is 7.11 Å². The molecule has 2 heterocycles. The minimum absolute atomic E-state index is 0.223. The van der Waals surface area contributed by atoms with Crippen molar-refractivity contribution in [1.29, 1.82) is 0 Å². The molecule has 4 nitrogen and oxygen atoms in total. The van der Waals surface area contributed by atoms with Gasteiger partial charge >= 0.3 is 6.09 Å². The van der Waals surface area contributed by atoms with Gasteiger partial charge < -0.3 is 9.64 Å². The maximum Gasteiger partial charge on any atom is 0.409 e. The summed E-state index contributed by atoms with van der Waals surface area (Å²) in [6.45, 7) is 1.52. The van der Waals surface area contributed by atoms with Crippen LogP contribution in [0.15, 0.2) is 24.4 Å². The number of carbonyl (C=O) groups is 1. The van der Waals surface area contributed by atoms with E-state index in [9.17, 15) is 4.79 Å². The molecule has 16 heavy (non-hydrogen) atoms. The molecule has 0 saturated carbocycles. The highest BCUT2D eigenvalue weighted by molar-refractivity contribution is 5.67. The van der Waals surface area contributed by atoms with E-state index in [2.05, 4.69) is 11.1 Å². The topological polar surface area (TPSA) is 42.4 Å². The Kier molecular flexibility index (Phi) is 3.39. The summed E-state index contributed by atoms with van der Waals surface area (Å²) >= 11 is 0. The molecule has 1 saturated heterocycles. The highest BCUT2D eigenvalue weighted by Crippen LogP contribution is 2.26. The fourth-order valence-corrected chi connectivity index (χ4v) is 2.10. The van der Waals surface area contributed by atoms with Crippen molar-refractivity contribution in [2.24, 2.45) is 0 Å². The minimum atomic E-state index is -0.223. The summed E-state index contributed by atoms with van der Waals surface area (Å²) in [4.78, 5) is 17.4. The fraction of sp³-hybridized carbons (Fsp3) is 0.500. The van der Waals surface area contributed by atoms with Crippen molar-refractivity contribution < 1.29 is 9.53 Å². The molecule has 0 spiro atoms. The normalized spacial score (nSPS) is 17.2. The molecule has 0 radical (unpaired) electrons. The number of hydrogen-bond donors (Lipinski definition) is 0. The molecular formula is C12H16N2O2. The number of ether oxygens (including phenoxy) is 1. The number of amides is 1. The van der Waals surface area contributed by atoms with Crippen molar-refractivity contribution in [1.82, 2.24) is 9.88 Å². The number of piperidine rings is 1. The molecule has 2 rings (SSSR count). The van der Waals surface area contributed by atoms with Gasteiger partial charge in [-0.3, -0.25) is 4.98 Å². The maximum absolute atomic E-state index is 11.3. The Morgan fingerprint density at radius 2 is 2.19 bits per heavy atom. The van der Waals surface area contributed by atoms with Crippen molar-refractivity contribution in [3.63, 3.8) is 0 Å². The number of pyridine rings is 1. The lowest BCUT2D eigenvalue weighted by Gasteiger charge is -2.30. The quantitative estimate of drug-likeness (QED) is 0.727. The third-order valence-corrected chi connectivity index (χ3v) is 3.03. The van der Waals surface area contributed by atoms with Crippen molar-refractivity contribution in [2.45, 2.75) is 18.8 Å². The molecule has 1 aliphatic heterocycles. The smallest absolute Gasteiger partial charge is 0.409 e. The SMILES string of the molecule is COC(=O)N1CCC(c2ccccn2)CC1. The van der Waals surface area contributed by atoms with Crippen LogP contribution in [-0.2, 0) is 4.74 Å². The van der Waals surface area contributed by atoms with E-state index in [-0.39, 0.29) is 6.09 Å². The van der Waals surface area contributed by atoms with Crippen LogP contribution >= 0.6 is 0 Å². The van der Waals surface area contributed by atoms with Crippen LogP contribution in [-0.4, -0.2) is 36.2 Å². The molecule has 0 unspecified atom stereocenters. The third kappa shape index (κ3) is 2.32. The van der Waals surface area contributed by atoms with Gasteiger partial charge in [-0.2, -0.15) is 0 Å². The van der Waals surface area contributed by atoms with Gasteiger partial charge in [-0.15, -0.1) is 0 Å². The molecule has 1 aromatic heterocycles. The Balaban J connectivity index is 1.93. The molecule has 0 aliphatic carbocycles. The predicted octanol–water partition coefficient (Wildman–Crippen LogP) is 2.03. The number of aromatic nitrogens is 1. The second-order valence-electron chi connectivity index (χ2n) is 3.99. The van der Waals surface area contributed by atoms with Gasteiger partial charge in [0.25, 0.3) is 0 Å². The summed E-state index contributed by atoms with van der Waals surface area (Å²) in [5.74, 6) is 0.474. The van der Waals surface area contributed by atoms with E-state index in [1.54, 1.807) is 4.90 Å². The van der Waals surface area contributed by atoms with Gasteiger partial charge in [-0.25, -0.2) is 4.79 Å². The number of likely N-dealkylation sites (tertiary alicyclic amines) is 1. The van der Waals surface area contributed by atoms with Gasteiger partial charge in [0.15, 0.2) is 0 Å². The summed E-state index contributed by atoms with van der Waals surface area (Å²) in [5.41, 5.74) is 1.13. The summed E-state index contributed by atoms with van der Waals surface area (Å²) in [6.07, 6.45) is 3.53. The number of rotatable bonds is 1. The summed E-state index contributed by atoms with van der Waals surface area (Å²) in [6, 6.07) is 5.99. The van der Waals surface area contributed by atoms with Crippen molar-refractivity contribution in [3.8, 4) is 0 Å². The standard InChI is InChI=1S/C12H16N2O2/c1-16-12(15)14-8-5-10(6-9-14)11-4-2-3-7-13-11/h2-4,7,10H,5-6,8-9H2,1H3. The van der Waals surface area contributed by atoms with Gasteiger partial charge in [-0.1, -0.05) is 6.07 Å². The van der Waals surface area contributed by atoms with E-state index < -0.39 is 0 Å². The molecule has 1 aliphatic rings. The summed E-state index contributed by atoms with van der Waals surface area (Å²) < 4.78 is 4.70. The monoisotopic (exact) mass is 220 g/mol. The summed E-state index contributed by atoms with van der Waals surface area (Å²) in [5, 5.41) is 0. The molecule has 0 bridgehead atoms. The highest BCUT2D eigenvalue weighted by atomic mass is 16.5. The molecule has 1 fully saturated rings. The Labute approximate surface area is 95.2 Å². The zero-order valence-corrected chi connectivity index (χ0v) is 9.43. The van der Waals surface area contributed by atoms with Crippen LogP contribution in [0, 0.1) is 0 Å². The molecule has 0 N–H and O–H groups in total. The minimum Gasteiger partial charge on any atom is -0.453 e. The molecule has 4 heteroatoms. The average molecular weight is 220 g/mol. The summed E-state index contributed by atoms with van der Waals surface area (Å²) in [7, 11) is 1.42. The van der Waals surface area contributed by atoms with E-state index in [0.717, 1.165) is 31.6 Å². The second-order valence-corrected chi connectivity index (χ2v) is 3.99. The maximum atomic E-state index is 11.3. The molecule has 1 aromatic rings. The van der Waals surface area contributed by atoms with Crippen LogP contribution in [0.25, 0.3) is 0 Å². The lowest BCUT2D eigenvalue weighted by Crippen LogP contribution is -2.37. The van der Waals surface area contributed by atoms with Crippen LogP contribution in [0.3, 0.4) is 0 Å². The van der Waals surface area contributed by atoms with Crippen molar-refractivity contribution >= 4 is 6.09 Å². The van der Waals surface area contributed by atoms with Gasteiger partial charge in [0.1, 0.15) is 0 Å². The van der Waals surface area contributed by atoms with Gasteiger partial charge in [0.2, 0.25) is 0 Å². The third-order valence-electron chi connectivity index (χ3n) is 3.03. The molecule has 86 valence electrons. The van der Waals surface area contributed by atoms with E-state index in [1.807, 2.05) is 18.3 Å². The van der Waals surface area contributed by atoms with Crippen molar-refractivity contribution in [2.75, 3.05) is 20.2 Å². The second kappa shape index (κ2) is 4.96. The lowest BCUT2D eigenvalue weighted by molar-refractivity contribution is 0.112. The lowest BCUT2D eigenvalue weighted by atomic mass is 9.93. The van der Waals surface area contributed by atoms with E-state index in [4.69, 9.17) is 4.74 Å². The number of nitrogens with zero attached hydrogens (tertiary/aromatic N) is 2. The van der Waals surface area contributed by atoms with Gasteiger partial charge in [-0.05, 0) is 25.0 Å². The van der Waals surface area contributed by atoms with Gasteiger partial charge in [0.05, 0.1) is 7.11 Å². The zero-order chi connectivity index (χ0) is 11.4. The zero-order valence-electron chi connectivity index (χ0n) is 9.43. The Morgan fingerprint density at radius 1 is 1.44 bits per heavy atom. The van der Waals surface area contributed by atoms with E-state index in [0.29, 0.717) is 5.92 Å². The first kappa shape index (κ1) is 10.9. The average Bonchev–Trinajstić information content (AvgIpc) is 2.39. The molecule has 0 atom stereocenters. The number of carbonyl (C=O) groups excluding carboxylic acids is 1. The Morgan fingerprint density at radius 3 is 2.75 bits per heavy atom. The van der Waals surface area contributed by atoms with Crippen molar-refractivity contribution in [3.05, 3.63) is 30.1 Å². The molecular weight excluding hydrogens is 204 g/mol. The first-order chi connectivity index (χ1) is 7.81. The number of hydrogen-bond acceptors (Lipinski definition) is 3. The van der Waals surface area contributed by atoms with Gasteiger partial charge in [0, 0.05) is 30.9 Å². The Hall–Kier alpha value is -1.58. The van der Waals surface area contributed by atoms with Crippen LogP contribution in [0.4, 0.5) is 4.79 Å². The first-order valence-corrected chi connectivity index (χ1v) is 5.55. The largest absolute Gasteiger partial charge is 0.453 e. The van der Waals surface area contributed by atoms with Crippen LogP contribution in [0.2, 0.25) is 0 Å². The number of methoxy groups -OCH3 is 1. The first-order valence-electron chi connectivity index (χ1n) is 5.55. The molecule has 1 amide bonds. The van der Waals surface area contributed by atoms with E-state index >= 15 is 0 Å². The predicted molar refractivity (Wildman–Crippen MR) is 60.2 cm³/mol. The molecule has 0 aromatic carbocycles. The fourth-order valence-electron chi connectivity index (χ4n) is 2.10. The van der Waals surface area contributed by atoms with Crippen LogP contribution in [0.1, 0.15) is 24.5 Å². The van der Waals surface area contributed by atoms with Crippen LogP contribution in [0.5, 0.6) is 0 Å². The Bertz CT molecular complexity index is 345. The van der Waals surface area contributed by atoms with Crippen LogP contribution < -0.4 is 0 Å².